The van der Waals surface area contributed by atoms with E-state index >= 15 is 0 Å². The summed E-state index contributed by atoms with van der Waals surface area (Å²) in [6.45, 7) is -0.251. The van der Waals surface area contributed by atoms with Crippen molar-refractivity contribution in [1.29, 1.82) is 0 Å². The molecule has 10 heteroatoms. The van der Waals surface area contributed by atoms with E-state index < -0.39 is 34.8 Å². The van der Waals surface area contributed by atoms with Gasteiger partial charge in [0.25, 0.3) is 5.69 Å². The summed E-state index contributed by atoms with van der Waals surface area (Å²) >= 11 is 0. The van der Waals surface area contributed by atoms with Gasteiger partial charge < -0.3 is 9.47 Å². The minimum atomic E-state index is -1.13. The molecule has 1 atom stereocenters. The summed E-state index contributed by atoms with van der Waals surface area (Å²) in [5.74, 6) is -2.24. The molecular formula is C16H10F2N2O6. The maximum Gasteiger partial charge on any atom is 0.425 e. The number of carbonyl (C=O) groups is 2. The molecule has 1 fully saturated rings. The third kappa shape index (κ3) is 3.29. The molecule has 0 N–H and O–H groups in total. The molecule has 0 aromatic heterocycles. The van der Waals surface area contributed by atoms with Crippen molar-refractivity contribution in [2.24, 2.45) is 0 Å². The number of hydrogen-bond acceptors (Lipinski definition) is 6. The Morgan fingerprint density at radius 1 is 1.19 bits per heavy atom. The van der Waals surface area contributed by atoms with E-state index in [1.165, 1.54) is 18.2 Å². The Morgan fingerprint density at radius 2 is 1.88 bits per heavy atom. The first-order chi connectivity index (χ1) is 12.4. The number of nitro benzene ring substituents is 1. The molecule has 134 valence electrons. The van der Waals surface area contributed by atoms with Gasteiger partial charge >= 0.3 is 12.2 Å². The van der Waals surface area contributed by atoms with E-state index in [2.05, 4.69) is 0 Å². The van der Waals surface area contributed by atoms with Crippen LogP contribution in [-0.4, -0.2) is 28.6 Å². The fraction of sp³-hybridized carbons (Fsp3) is 0.125. The summed E-state index contributed by atoms with van der Waals surface area (Å²) in [5, 5.41) is 10.6. The van der Waals surface area contributed by atoms with Crippen LogP contribution in [0.4, 0.5) is 24.1 Å². The normalized spacial score (nSPS) is 16.3. The molecule has 0 spiro atoms. The van der Waals surface area contributed by atoms with Crippen molar-refractivity contribution in [3.63, 3.8) is 0 Å². The second-order valence-corrected chi connectivity index (χ2v) is 5.26. The number of cyclic esters (lactones) is 1. The molecular weight excluding hydrogens is 354 g/mol. The molecule has 2 amide bonds. The van der Waals surface area contributed by atoms with Crippen LogP contribution in [0.15, 0.2) is 42.5 Å². The quantitative estimate of drug-likeness (QED) is 0.610. The van der Waals surface area contributed by atoms with Crippen LogP contribution < -0.4 is 4.74 Å². The number of amides is 2. The summed E-state index contributed by atoms with van der Waals surface area (Å²) < 4.78 is 36.3. The number of halogens is 2. The number of nitro groups is 1. The predicted octanol–water partition coefficient (Wildman–Crippen LogP) is 3.57. The molecule has 0 aliphatic carbocycles. The van der Waals surface area contributed by atoms with Crippen molar-refractivity contribution >= 4 is 17.9 Å². The van der Waals surface area contributed by atoms with E-state index in [-0.39, 0.29) is 23.6 Å². The predicted molar refractivity (Wildman–Crippen MR) is 81.4 cm³/mol. The Kier molecular flexibility index (Phi) is 4.48. The summed E-state index contributed by atoms with van der Waals surface area (Å²) in [6.07, 6.45) is -2.12. The number of non-ortho nitro benzene ring substituents is 1. The first-order valence-electron chi connectivity index (χ1n) is 7.24. The second-order valence-electron chi connectivity index (χ2n) is 5.26. The van der Waals surface area contributed by atoms with Crippen LogP contribution in [0.25, 0.3) is 0 Å². The summed E-state index contributed by atoms with van der Waals surface area (Å²) in [7, 11) is 0. The van der Waals surface area contributed by atoms with Crippen LogP contribution >= 0.6 is 0 Å². The lowest BCUT2D eigenvalue weighted by Crippen LogP contribution is -2.36. The van der Waals surface area contributed by atoms with E-state index in [0.717, 1.165) is 24.3 Å². The maximum absolute atomic E-state index is 13.4. The lowest BCUT2D eigenvalue weighted by Gasteiger charge is -2.19. The van der Waals surface area contributed by atoms with Gasteiger partial charge in [-0.2, -0.15) is 0 Å². The minimum Gasteiger partial charge on any atom is -0.446 e. The van der Waals surface area contributed by atoms with Crippen LogP contribution in [0.5, 0.6) is 5.75 Å². The van der Waals surface area contributed by atoms with Crippen LogP contribution in [0.1, 0.15) is 11.6 Å². The number of imide groups is 1. The lowest BCUT2D eigenvalue weighted by atomic mass is 10.1. The van der Waals surface area contributed by atoms with E-state index in [9.17, 15) is 28.5 Å². The van der Waals surface area contributed by atoms with Gasteiger partial charge in [0.2, 0.25) is 0 Å². The fourth-order valence-electron chi connectivity index (χ4n) is 2.37. The summed E-state index contributed by atoms with van der Waals surface area (Å²) in [6, 6.07) is 6.56. The highest BCUT2D eigenvalue weighted by atomic mass is 19.2. The molecule has 1 aliphatic rings. The molecule has 0 bridgehead atoms. The van der Waals surface area contributed by atoms with E-state index in [1.807, 2.05) is 0 Å². The van der Waals surface area contributed by atoms with E-state index in [4.69, 9.17) is 9.47 Å². The average Bonchev–Trinajstić information content (AvgIpc) is 2.99. The van der Waals surface area contributed by atoms with Crippen molar-refractivity contribution in [2.75, 3.05) is 6.61 Å². The Balaban J connectivity index is 1.80. The van der Waals surface area contributed by atoms with Gasteiger partial charge in [-0.15, -0.1) is 0 Å². The molecule has 26 heavy (non-hydrogen) atoms. The molecule has 2 aromatic rings. The average molecular weight is 364 g/mol. The SMILES string of the molecule is O=C1OC[C@@H](c2ccc(F)c(F)c2)N1C(=O)Oc1ccc([N+](=O)[O-])cc1. The third-order valence-electron chi connectivity index (χ3n) is 3.65. The number of nitrogens with zero attached hydrogens (tertiary/aromatic N) is 2. The standard InChI is InChI=1S/C16H10F2N2O6/c17-12-6-1-9(7-13(12)18)14-8-25-15(21)19(14)16(22)26-11-4-2-10(3-5-11)20(23)24/h1-7,14H,8H2/t14-/m0/s1. The monoisotopic (exact) mass is 364 g/mol. The van der Waals surface area contributed by atoms with E-state index in [0.29, 0.717) is 4.90 Å². The van der Waals surface area contributed by atoms with Gasteiger partial charge in [-0.3, -0.25) is 10.1 Å². The lowest BCUT2D eigenvalue weighted by molar-refractivity contribution is -0.384. The van der Waals surface area contributed by atoms with Crippen LogP contribution in [0.2, 0.25) is 0 Å². The first kappa shape index (κ1) is 17.3. The zero-order valence-electron chi connectivity index (χ0n) is 12.9. The molecule has 8 nitrogen and oxygen atoms in total. The molecule has 0 radical (unpaired) electrons. The van der Waals surface area contributed by atoms with Gasteiger partial charge in [0, 0.05) is 12.1 Å². The molecule has 3 rings (SSSR count). The number of rotatable bonds is 3. The molecule has 1 saturated heterocycles. The Hall–Kier alpha value is -3.56. The number of carbonyl (C=O) groups excluding carboxylic acids is 2. The Bertz CT molecular complexity index is 887. The van der Waals surface area contributed by atoms with Crippen molar-refractivity contribution in [3.8, 4) is 5.75 Å². The van der Waals surface area contributed by atoms with Crippen molar-refractivity contribution in [2.45, 2.75) is 6.04 Å². The molecule has 1 aliphatic heterocycles. The summed E-state index contributed by atoms with van der Waals surface area (Å²) in [4.78, 5) is 34.7. The Labute approximate surface area is 144 Å². The molecule has 0 saturated carbocycles. The second kappa shape index (κ2) is 6.75. The van der Waals surface area contributed by atoms with Gasteiger partial charge in [-0.25, -0.2) is 23.3 Å². The van der Waals surface area contributed by atoms with Crippen molar-refractivity contribution in [1.82, 2.24) is 4.90 Å². The van der Waals surface area contributed by atoms with Gasteiger partial charge in [0.1, 0.15) is 18.4 Å². The van der Waals surface area contributed by atoms with Crippen molar-refractivity contribution in [3.05, 3.63) is 69.8 Å². The minimum absolute atomic E-state index is 0.0377. The summed E-state index contributed by atoms with van der Waals surface area (Å²) in [5.41, 5.74) is -0.0551. The largest absolute Gasteiger partial charge is 0.446 e. The van der Waals surface area contributed by atoms with Crippen LogP contribution in [0, 0.1) is 21.7 Å². The van der Waals surface area contributed by atoms with Crippen molar-refractivity contribution < 1.29 is 32.8 Å². The fourth-order valence-corrected chi connectivity index (χ4v) is 2.37. The topological polar surface area (TPSA) is 99.0 Å². The molecule has 0 unspecified atom stereocenters. The highest BCUT2D eigenvalue weighted by Gasteiger charge is 2.40. The van der Waals surface area contributed by atoms with Crippen LogP contribution in [0.3, 0.4) is 0 Å². The third-order valence-corrected chi connectivity index (χ3v) is 3.65. The van der Waals surface area contributed by atoms with Crippen LogP contribution in [-0.2, 0) is 4.74 Å². The highest BCUT2D eigenvalue weighted by molar-refractivity contribution is 5.90. The first-order valence-corrected chi connectivity index (χ1v) is 7.24. The van der Waals surface area contributed by atoms with E-state index in [1.54, 1.807) is 0 Å². The zero-order chi connectivity index (χ0) is 18.8. The molecule has 1 heterocycles. The number of benzene rings is 2. The molecule has 2 aromatic carbocycles. The smallest absolute Gasteiger partial charge is 0.425 e. The highest BCUT2D eigenvalue weighted by Crippen LogP contribution is 2.30. The Morgan fingerprint density at radius 3 is 2.50 bits per heavy atom. The number of ether oxygens (including phenoxy) is 2. The van der Waals surface area contributed by atoms with Gasteiger partial charge in [-0.05, 0) is 29.8 Å². The van der Waals surface area contributed by atoms with Gasteiger partial charge in [-0.1, -0.05) is 6.07 Å². The zero-order valence-corrected chi connectivity index (χ0v) is 12.9. The number of hydrogen-bond donors (Lipinski definition) is 0. The maximum atomic E-state index is 13.4. The van der Waals surface area contributed by atoms with Gasteiger partial charge in [0.05, 0.1) is 4.92 Å². The van der Waals surface area contributed by atoms with Gasteiger partial charge in [0.15, 0.2) is 11.6 Å².